The van der Waals surface area contributed by atoms with Gasteiger partial charge in [0.05, 0.1) is 0 Å². The van der Waals surface area contributed by atoms with Gasteiger partial charge in [-0.2, -0.15) is 0 Å². The maximum atomic E-state index is 10.5. The van der Waals surface area contributed by atoms with Gasteiger partial charge in [-0.25, -0.2) is 0 Å². The zero-order chi connectivity index (χ0) is 17.7. The van der Waals surface area contributed by atoms with Crippen LogP contribution in [0.2, 0.25) is 0 Å². The van der Waals surface area contributed by atoms with Crippen LogP contribution in [-0.2, 0) is 0 Å². The molecule has 2 aromatic rings. The Morgan fingerprint density at radius 3 is 2.85 bits per heavy atom. The Morgan fingerprint density at radius 1 is 1.23 bits per heavy atom. The second kappa shape index (κ2) is 6.28. The maximum Gasteiger partial charge on any atom is 0.128 e. The van der Waals surface area contributed by atoms with Crippen molar-refractivity contribution in [2.24, 2.45) is 23.7 Å². The van der Waals surface area contributed by atoms with Gasteiger partial charge >= 0.3 is 0 Å². The van der Waals surface area contributed by atoms with E-state index in [2.05, 4.69) is 17.2 Å². The molecule has 0 spiro atoms. The third-order valence-electron chi connectivity index (χ3n) is 7.50. The van der Waals surface area contributed by atoms with Crippen molar-refractivity contribution in [1.82, 2.24) is 10.3 Å². The van der Waals surface area contributed by atoms with E-state index in [-0.39, 0.29) is 5.54 Å². The summed E-state index contributed by atoms with van der Waals surface area (Å²) in [7, 11) is 0. The van der Waals surface area contributed by atoms with Gasteiger partial charge in [0, 0.05) is 29.2 Å². The highest BCUT2D eigenvalue weighted by atomic mass is 16.5. The molecule has 0 aliphatic heterocycles. The number of β-amino-alcohol motifs (C(OH)–C–C–N with tert-alkyl or cyclic N) is 1. The number of benzene rings is 1. The zero-order valence-corrected chi connectivity index (χ0v) is 15.6. The molecule has 3 N–H and O–H groups in total. The number of fused-ring (bicyclic) bond motifs is 1. The van der Waals surface area contributed by atoms with E-state index in [4.69, 9.17) is 4.74 Å². The number of aromatic nitrogens is 1. The molecule has 6 rings (SSSR count). The van der Waals surface area contributed by atoms with E-state index >= 15 is 0 Å². The summed E-state index contributed by atoms with van der Waals surface area (Å²) < 4.78 is 5.93. The number of aliphatic hydroxyl groups excluding tert-OH is 1. The van der Waals surface area contributed by atoms with Crippen molar-refractivity contribution in [3.8, 4) is 5.75 Å². The topological polar surface area (TPSA) is 57.3 Å². The molecule has 1 aromatic heterocycles. The average Bonchev–Trinajstić information content (AvgIpc) is 3.11. The Hall–Kier alpha value is -1.52. The van der Waals surface area contributed by atoms with Gasteiger partial charge in [0.2, 0.25) is 0 Å². The molecule has 26 heavy (non-hydrogen) atoms. The Kier molecular flexibility index (Phi) is 4.02. The largest absolute Gasteiger partial charge is 0.490 e. The predicted octanol–water partition coefficient (Wildman–Crippen LogP) is 3.71. The molecule has 4 aliphatic carbocycles. The van der Waals surface area contributed by atoms with Gasteiger partial charge in [-0.1, -0.05) is 13.0 Å². The first-order valence-electron chi connectivity index (χ1n) is 10.2. The number of ether oxygens (including phenoxy) is 1. The number of rotatable bonds is 6. The molecule has 4 saturated carbocycles. The zero-order valence-electron chi connectivity index (χ0n) is 15.6. The van der Waals surface area contributed by atoms with Gasteiger partial charge in [0.25, 0.3) is 0 Å². The van der Waals surface area contributed by atoms with Crippen LogP contribution in [0.4, 0.5) is 0 Å². The molecule has 0 radical (unpaired) electrons. The number of hydrogen-bond acceptors (Lipinski definition) is 3. The van der Waals surface area contributed by atoms with Crippen molar-refractivity contribution in [2.75, 3.05) is 13.2 Å². The summed E-state index contributed by atoms with van der Waals surface area (Å²) in [5.41, 5.74) is 1.33. The fourth-order valence-electron chi connectivity index (χ4n) is 6.35. The summed E-state index contributed by atoms with van der Waals surface area (Å²) in [5, 5.41) is 15.4. The van der Waals surface area contributed by atoms with Gasteiger partial charge < -0.3 is 20.1 Å². The summed E-state index contributed by atoms with van der Waals surface area (Å²) in [6, 6.07) is 8.01. The molecular weight excluding hydrogens is 324 g/mol. The molecule has 4 heteroatoms. The van der Waals surface area contributed by atoms with Crippen LogP contribution in [0.25, 0.3) is 10.9 Å². The van der Waals surface area contributed by atoms with Gasteiger partial charge in [-0.15, -0.1) is 0 Å². The lowest BCUT2D eigenvalue weighted by atomic mass is 9.49. The number of hydrogen-bond donors (Lipinski definition) is 3. The standard InChI is InChI=1S/C22H30N2O2/c1-14-17-8-15-7-16(9-17)11-22(14,10-15)24-12-18(25)13-26-21-4-2-3-20-19(21)5-6-23-20/h2-6,14-18,23-25H,7-13H2,1H3/t14-,15-,16-,17?,18-,22?/m0/s1. The molecule has 1 heterocycles. The van der Waals surface area contributed by atoms with Gasteiger partial charge in [-0.05, 0) is 74.0 Å². The molecule has 140 valence electrons. The van der Waals surface area contributed by atoms with Crippen LogP contribution in [0, 0.1) is 23.7 Å². The third-order valence-corrected chi connectivity index (χ3v) is 7.50. The lowest BCUT2D eigenvalue weighted by Crippen LogP contribution is -2.64. The van der Waals surface area contributed by atoms with E-state index < -0.39 is 6.10 Å². The molecule has 0 amide bonds. The molecule has 4 bridgehead atoms. The first kappa shape index (κ1) is 16.6. The molecular formula is C22H30N2O2. The van der Waals surface area contributed by atoms with Gasteiger partial charge in [0.15, 0.2) is 0 Å². The van der Waals surface area contributed by atoms with Crippen LogP contribution in [0.15, 0.2) is 30.5 Å². The lowest BCUT2D eigenvalue weighted by Gasteiger charge is -2.61. The Bertz CT molecular complexity index is 771. The molecule has 4 atom stereocenters. The molecule has 4 fully saturated rings. The van der Waals surface area contributed by atoms with E-state index in [1.807, 2.05) is 30.5 Å². The third kappa shape index (κ3) is 2.74. The number of H-pyrrole nitrogens is 1. The average molecular weight is 354 g/mol. The summed E-state index contributed by atoms with van der Waals surface area (Å²) in [6.45, 7) is 3.39. The van der Waals surface area contributed by atoms with Crippen molar-refractivity contribution in [3.63, 3.8) is 0 Å². The van der Waals surface area contributed by atoms with E-state index in [1.54, 1.807) is 0 Å². The maximum absolute atomic E-state index is 10.5. The van der Waals surface area contributed by atoms with Crippen LogP contribution in [0.1, 0.15) is 39.0 Å². The highest BCUT2D eigenvalue weighted by molar-refractivity contribution is 5.85. The van der Waals surface area contributed by atoms with Crippen LogP contribution in [-0.4, -0.2) is 34.9 Å². The highest BCUT2D eigenvalue weighted by Crippen LogP contribution is 2.58. The van der Waals surface area contributed by atoms with Gasteiger partial charge in [0.1, 0.15) is 18.5 Å². The van der Waals surface area contributed by atoms with Crippen molar-refractivity contribution < 1.29 is 9.84 Å². The summed E-state index contributed by atoms with van der Waals surface area (Å²) in [6.07, 6.45) is 8.36. The second-order valence-corrected chi connectivity index (χ2v) is 9.09. The van der Waals surface area contributed by atoms with Gasteiger partial charge in [-0.3, -0.25) is 0 Å². The Balaban J connectivity index is 1.20. The molecule has 0 saturated heterocycles. The first-order chi connectivity index (χ1) is 12.6. The molecule has 1 aromatic carbocycles. The second-order valence-electron chi connectivity index (χ2n) is 9.09. The molecule has 0 unspecified atom stereocenters. The van der Waals surface area contributed by atoms with Crippen molar-refractivity contribution >= 4 is 10.9 Å². The van der Waals surface area contributed by atoms with Crippen LogP contribution < -0.4 is 10.1 Å². The number of aromatic amines is 1. The fraction of sp³-hybridized carbons (Fsp3) is 0.636. The summed E-state index contributed by atoms with van der Waals surface area (Å²) in [4.78, 5) is 3.20. The Morgan fingerprint density at radius 2 is 2.04 bits per heavy atom. The van der Waals surface area contributed by atoms with Crippen molar-refractivity contribution in [2.45, 2.75) is 50.7 Å². The summed E-state index contributed by atoms with van der Waals surface area (Å²) >= 11 is 0. The monoisotopic (exact) mass is 354 g/mol. The summed E-state index contributed by atoms with van der Waals surface area (Å²) in [5.74, 6) is 4.29. The van der Waals surface area contributed by atoms with Crippen LogP contribution in [0.3, 0.4) is 0 Å². The Labute approximate surface area is 155 Å². The minimum atomic E-state index is -0.482. The number of nitrogens with one attached hydrogen (secondary N) is 2. The van der Waals surface area contributed by atoms with E-state index in [0.717, 1.165) is 40.3 Å². The quantitative estimate of drug-likeness (QED) is 0.741. The van der Waals surface area contributed by atoms with Crippen LogP contribution >= 0.6 is 0 Å². The fourth-order valence-corrected chi connectivity index (χ4v) is 6.35. The molecule has 4 aliphatic rings. The van der Waals surface area contributed by atoms with Crippen molar-refractivity contribution in [3.05, 3.63) is 30.5 Å². The molecule has 4 nitrogen and oxygen atoms in total. The number of aliphatic hydroxyl groups is 1. The van der Waals surface area contributed by atoms with Crippen molar-refractivity contribution in [1.29, 1.82) is 0 Å². The smallest absolute Gasteiger partial charge is 0.128 e. The normalized spacial score (nSPS) is 36.5. The van der Waals surface area contributed by atoms with E-state index in [1.165, 1.54) is 32.1 Å². The minimum Gasteiger partial charge on any atom is -0.490 e. The minimum absolute atomic E-state index is 0.260. The van der Waals surface area contributed by atoms with Crippen LogP contribution in [0.5, 0.6) is 5.75 Å². The highest BCUT2D eigenvalue weighted by Gasteiger charge is 2.54. The predicted molar refractivity (Wildman–Crippen MR) is 103 cm³/mol. The first-order valence-corrected chi connectivity index (χ1v) is 10.2. The SMILES string of the molecule is C[C@H]1C2C[C@@H]3C[C@@H](C2)CC1(NC[C@H](O)COc1cccc2[nH]ccc12)C3. The van der Waals surface area contributed by atoms with E-state index in [0.29, 0.717) is 13.2 Å². The lowest BCUT2D eigenvalue weighted by molar-refractivity contribution is -0.0712. The van der Waals surface area contributed by atoms with E-state index in [9.17, 15) is 5.11 Å².